The largest absolute Gasteiger partial charge is 0.364 e. The van der Waals surface area contributed by atoms with Gasteiger partial charge in [-0.3, -0.25) is 4.79 Å². The number of hydrogen-bond donors (Lipinski definition) is 1. The molecule has 0 fully saturated rings. The fourth-order valence-electron chi connectivity index (χ4n) is 0.182. The molecule has 0 aliphatic rings. The fourth-order valence-corrected chi connectivity index (χ4v) is 0.182. The molecular weight excluding hydrogens is 132 g/mol. The molecule has 3 nitrogen and oxygen atoms in total. The molecule has 0 rings (SSSR count). The van der Waals surface area contributed by atoms with Gasteiger partial charge in [-0.25, -0.2) is 10.3 Å². The smallest absolute Gasteiger partial charge is 0.273 e. The van der Waals surface area contributed by atoms with Gasteiger partial charge in [0.15, 0.2) is 0 Å². The maximum Gasteiger partial charge on any atom is 0.364 e. The molecule has 9 heavy (non-hydrogen) atoms. The second kappa shape index (κ2) is 4.20. The van der Waals surface area contributed by atoms with Gasteiger partial charge in [0.05, 0.1) is 0 Å². The number of rotatable bonds is 3. The molecule has 0 aliphatic carbocycles. The van der Waals surface area contributed by atoms with Gasteiger partial charge in [0, 0.05) is 6.42 Å². The summed E-state index contributed by atoms with van der Waals surface area (Å²) in [6, 6.07) is 0. The van der Waals surface area contributed by atoms with Crippen LogP contribution in [0.15, 0.2) is 0 Å². The van der Waals surface area contributed by atoms with Crippen LogP contribution in [-0.2, 0) is 9.63 Å². The van der Waals surface area contributed by atoms with Crippen LogP contribution in [0.1, 0.15) is 13.3 Å². The van der Waals surface area contributed by atoms with Gasteiger partial charge in [-0.05, 0) is 0 Å². The van der Waals surface area contributed by atoms with Crippen molar-refractivity contribution in [2.75, 3.05) is 0 Å². The minimum Gasteiger partial charge on any atom is -0.273 e. The predicted molar refractivity (Wildman–Crippen MR) is 25.5 cm³/mol. The number of hydrogen-bond acceptors (Lipinski definition) is 2. The predicted octanol–water partition coefficient (Wildman–Crippen LogP) is 0.667. The third-order valence-electron chi connectivity index (χ3n) is 0.583. The maximum absolute atomic E-state index is 11.1. The molecule has 0 aromatic carbocycles. The molecule has 0 aromatic heterocycles. The van der Waals surface area contributed by atoms with E-state index in [4.69, 9.17) is 0 Å². The fraction of sp³-hybridized carbons (Fsp3) is 0.750. The molecule has 1 amide bonds. The van der Waals surface area contributed by atoms with Crippen LogP contribution in [0.3, 0.4) is 0 Å². The number of nitrogens with one attached hydrogen (secondary N) is 1. The van der Waals surface area contributed by atoms with Crippen LogP contribution in [0, 0.1) is 0 Å². The molecule has 0 spiro atoms. The van der Waals surface area contributed by atoms with Crippen LogP contribution in [-0.4, -0.2) is 12.5 Å². The molecule has 1 N–H and O–H groups in total. The highest BCUT2D eigenvalue weighted by atomic mass is 19.3. The quantitative estimate of drug-likeness (QED) is 0.583. The second-order valence-corrected chi connectivity index (χ2v) is 1.26. The van der Waals surface area contributed by atoms with Crippen molar-refractivity contribution >= 4 is 5.91 Å². The molecule has 54 valence electrons. The van der Waals surface area contributed by atoms with Gasteiger partial charge >= 0.3 is 6.61 Å². The second-order valence-electron chi connectivity index (χ2n) is 1.26. The lowest BCUT2D eigenvalue weighted by Gasteiger charge is -2.00. The first-order valence-electron chi connectivity index (χ1n) is 2.39. The van der Waals surface area contributed by atoms with E-state index in [1.54, 1.807) is 5.48 Å². The van der Waals surface area contributed by atoms with Gasteiger partial charge in [-0.2, -0.15) is 8.78 Å². The van der Waals surface area contributed by atoms with Gasteiger partial charge in [-0.1, -0.05) is 6.92 Å². The molecule has 0 aromatic rings. The summed E-state index contributed by atoms with van der Waals surface area (Å²) in [5, 5.41) is 0. The van der Waals surface area contributed by atoms with Crippen molar-refractivity contribution in [2.45, 2.75) is 20.0 Å². The Labute approximate surface area is 50.9 Å². The van der Waals surface area contributed by atoms with Crippen molar-refractivity contribution in [3.8, 4) is 0 Å². The first kappa shape index (κ1) is 8.29. The summed E-state index contributed by atoms with van der Waals surface area (Å²) in [6.07, 6.45) is 0.132. The Morgan fingerprint density at radius 2 is 2.33 bits per heavy atom. The Balaban J connectivity index is 3.17. The van der Waals surface area contributed by atoms with Crippen molar-refractivity contribution in [1.29, 1.82) is 0 Å². The van der Waals surface area contributed by atoms with Crippen molar-refractivity contribution < 1.29 is 18.4 Å². The van der Waals surface area contributed by atoms with Crippen LogP contribution in [0.5, 0.6) is 0 Å². The van der Waals surface area contributed by atoms with E-state index in [9.17, 15) is 13.6 Å². The Morgan fingerprint density at radius 1 is 1.78 bits per heavy atom. The zero-order valence-corrected chi connectivity index (χ0v) is 4.86. The lowest BCUT2D eigenvalue weighted by molar-refractivity contribution is -0.183. The van der Waals surface area contributed by atoms with E-state index in [-0.39, 0.29) is 6.42 Å². The summed E-state index contributed by atoms with van der Waals surface area (Å²) in [7, 11) is 0. The summed E-state index contributed by atoms with van der Waals surface area (Å²) < 4.78 is 22.2. The summed E-state index contributed by atoms with van der Waals surface area (Å²) in [5.41, 5.74) is 1.54. The molecule has 0 saturated heterocycles. The molecule has 0 heterocycles. The highest BCUT2D eigenvalue weighted by Gasteiger charge is 2.02. The number of alkyl halides is 2. The highest BCUT2D eigenvalue weighted by Crippen LogP contribution is 1.89. The molecule has 0 atom stereocenters. The Kier molecular flexibility index (Phi) is 3.87. The maximum atomic E-state index is 11.1. The van der Waals surface area contributed by atoms with Crippen LogP contribution in [0.25, 0.3) is 0 Å². The molecular formula is C4H7F2NO2. The van der Waals surface area contributed by atoms with Crippen LogP contribution < -0.4 is 5.48 Å². The van der Waals surface area contributed by atoms with Crippen molar-refractivity contribution in [2.24, 2.45) is 0 Å². The number of amides is 1. The standard InChI is InChI=1S/C4H7F2NO2/c1-2-3(8)7-9-4(5)6/h4H,2H2,1H3,(H,7,8). The van der Waals surface area contributed by atoms with Gasteiger partial charge in [0.2, 0.25) is 5.91 Å². The number of halogens is 2. The molecule has 5 heteroatoms. The van der Waals surface area contributed by atoms with E-state index in [0.29, 0.717) is 0 Å². The third-order valence-corrected chi connectivity index (χ3v) is 0.583. The molecule has 0 unspecified atom stereocenters. The Morgan fingerprint density at radius 3 is 2.67 bits per heavy atom. The SMILES string of the molecule is CCC(=O)NOC(F)F. The highest BCUT2D eigenvalue weighted by molar-refractivity contribution is 5.74. The van der Waals surface area contributed by atoms with E-state index in [1.165, 1.54) is 6.92 Å². The van der Waals surface area contributed by atoms with Crippen LogP contribution in [0.4, 0.5) is 8.78 Å². The summed E-state index contributed by atoms with van der Waals surface area (Å²) in [5.74, 6) is -0.560. The van der Waals surface area contributed by atoms with Crippen LogP contribution >= 0.6 is 0 Å². The summed E-state index contributed by atoms with van der Waals surface area (Å²) in [6.45, 7) is -1.41. The van der Waals surface area contributed by atoms with Crippen molar-refractivity contribution in [3.63, 3.8) is 0 Å². The van der Waals surface area contributed by atoms with Gasteiger partial charge < -0.3 is 0 Å². The monoisotopic (exact) mass is 139 g/mol. The lowest BCUT2D eigenvalue weighted by Crippen LogP contribution is -2.24. The van der Waals surface area contributed by atoms with Crippen molar-refractivity contribution in [1.82, 2.24) is 5.48 Å². The summed E-state index contributed by atoms with van der Waals surface area (Å²) in [4.78, 5) is 13.6. The van der Waals surface area contributed by atoms with E-state index in [1.807, 2.05) is 0 Å². The van der Waals surface area contributed by atoms with Gasteiger partial charge in [-0.15, -0.1) is 0 Å². The number of carbonyl (C=O) groups excluding carboxylic acids is 1. The first-order valence-corrected chi connectivity index (χ1v) is 2.39. The van der Waals surface area contributed by atoms with E-state index in [2.05, 4.69) is 4.84 Å². The Bertz CT molecular complexity index is 96.6. The average Bonchev–Trinajstić information content (AvgIpc) is 1.83. The minimum absolute atomic E-state index is 0.132. The topological polar surface area (TPSA) is 38.3 Å². The molecule has 0 aliphatic heterocycles. The van der Waals surface area contributed by atoms with E-state index < -0.39 is 12.5 Å². The van der Waals surface area contributed by atoms with Gasteiger partial charge in [0.25, 0.3) is 0 Å². The molecule has 0 bridgehead atoms. The zero-order valence-electron chi connectivity index (χ0n) is 4.86. The Hall–Kier alpha value is -0.710. The third kappa shape index (κ3) is 5.16. The zero-order chi connectivity index (χ0) is 7.28. The number of hydroxylamine groups is 1. The number of carbonyl (C=O) groups is 1. The van der Waals surface area contributed by atoms with Crippen molar-refractivity contribution in [3.05, 3.63) is 0 Å². The molecule has 0 radical (unpaired) electrons. The minimum atomic E-state index is -2.94. The van der Waals surface area contributed by atoms with E-state index >= 15 is 0 Å². The van der Waals surface area contributed by atoms with E-state index in [0.717, 1.165) is 0 Å². The molecule has 0 saturated carbocycles. The summed E-state index contributed by atoms with van der Waals surface area (Å²) >= 11 is 0. The van der Waals surface area contributed by atoms with Gasteiger partial charge in [0.1, 0.15) is 0 Å². The first-order chi connectivity index (χ1) is 4.16. The average molecular weight is 139 g/mol. The normalized spacial score (nSPS) is 9.78. The van der Waals surface area contributed by atoms with Crippen LogP contribution in [0.2, 0.25) is 0 Å². The lowest BCUT2D eigenvalue weighted by atomic mass is 10.5.